The minimum absolute atomic E-state index is 0.158. The predicted molar refractivity (Wildman–Crippen MR) is 93.1 cm³/mol. The number of nitrogens with zero attached hydrogens (tertiary/aromatic N) is 2. The van der Waals surface area contributed by atoms with Gasteiger partial charge in [-0.15, -0.1) is 11.3 Å². The Morgan fingerprint density at radius 3 is 2.83 bits per heavy atom. The van der Waals surface area contributed by atoms with Crippen LogP contribution in [0.1, 0.15) is 19.8 Å². The summed E-state index contributed by atoms with van der Waals surface area (Å²) in [6.45, 7) is 1.78. The molecule has 1 unspecified atom stereocenters. The van der Waals surface area contributed by atoms with Crippen molar-refractivity contribution in [2.75, 3.05) is 5.75 Å². The molecule has 1 heterocycles. The number of rotatable bonds is 6. The average Bonchev–Trinajstić information content (AvgIpc) is 3.33. The molecule has 1 saturated carbocycles. The van der Waals surface area contributed by atoms with Gasteiger partial charge in [0.15, 0.2) is 4.34 Å². The molecule has 2 aromatic rings. The van der Waals surface area contributed by atoms with Crippen LogP contribution in [-0.2, 0) is 4.79 Å². The Hall–Kier alpha value is -1.91. The molecular weight excluding hydrogens is 345 g/mol. The number of nitrogens with one attached hydrogen (secondary N) is 1. The molecule has 1 aliphatic rings. The van der Waals surface area contributed by atoms with Crippen LogP contribution in [0.2, 0.25) is 0 Å². The van der Waals surface area contributed by atoms with Crippen molar-refractivity contribution in [2.45, 2.75) is 29.6 Å². The van der Waals surface area contributed by atoms with Gasteiger partial charge in [-0.05, 0) is 49.9 Å². The van der Waals surface area contributed by atoms with Crippen LogP contribution in [0.5, 0.6) is 0 Å². The van der Waals surface area contributed by atoms with Crippen LogP contribution in [0, 0.1) is 23.1 Å². The van der Waals surface area contributed by atoms with Crippen molar-refractivity contribution in [3.05, 3.63) is 35.5 Å². The lowest BCUT2D eigenvalue weighted by molar-refractivity contribution is -0.119. The monoisotopic (exact) mass is 361 g/mol. The topological polar surface area (TPSA) is 65.8 Å². The number of carbonyl (C=O) groups excluding carboxylic acids is 1. The minimum atomic E-state index is -0.764. The smallest absolute Gasteiger partial charge is 0.231 e. The predicted octanol–water partition coefficient (Wildman–Crippen LogP) is 3.85. The quantitative estimate of drug-likeness (QED) is 0.794. The first-order valence-corrected chi connectivity index (χ1v) is 9.43. The molecule has 1 aromatic carbocycles. The molecule has 1 N–H and O–H groups in total. The average molecular weight is 361 g/mol. The lowest BCUT2D eigenvalue weighted by Gasteiger charge is -2.22. The molecule has 1 aliphatic carbocycles. The molecule has 3 rings (SSSR count). The highest BCUT2D eigenvalue weighted by Gasteiger charge is 2.42. The number of thioether (sulfide) groups is 1. The maximum atomic E-state index is 13.0. The van der Waals surface area contributed by atoms with Crippen LogP contribution in [0.4, 0.5) is 4.39 Å². The number of benzene rings is 1. The summed E-state index contributed by atoms with van der Waals surface area (Å²) >= 11 is 2.79. The van der Waals surface area contributed by atoms with Crippen LogP contribution < -0.4 is 5.32 Å². The molecule has 1 atom stereocenters. The highest BCUT2D eigenvalue weighted by Crippen LogP contribution is 2.39. The molecule has 0 saturated heterocycles. The first kappa shape index (κ1) is 16.9. The van der Waals surface area contributed by atoms with Crippen molar-refractivity contribution in [3.63, 3.8) is 0 Å². The van der Waals surface area contributed by atoms with Crippen molar-refractivity contribution in [2.24, 2.45) is 5.92 Å². The third-order valence-electron chi connectivity index (χ3n) is 3.98. The lowest BCUT2D eigenvalue weighted by Crippen LogP contribution is -2.47. The molecule has 0 aliphatic heterocycles. The SMILES string of the molecule is CC(C#N)(NC(=O)CSc1nc(-c2ccc(F)cc2)cs1)C1CC1. The highest BCUT2D eigenvalue weighted by atomic mass is 32.2. The van der Waals surface area contributed by atoms with Gasteiger partial charge in [0.05, 0.1) is 17.5 Å². The zero-order valence-electron chi connectivity index (χ0n) is 13.1. The highest BCUT2D eigenvalue weighted by molar-refractivity contribution is 8.01. The van der Waals surface area contributed by atoms with E-state index in [9.17, 15) is 14.4 Å². The second-order valence-corrected chi connectivity index (χ2v) is 8.01. The Balaban J connectivity index is 1.56. The van der Waals surface area contributed by atoms with Crippen molar-refractivity contribution < 1.29 is 9.18 Å². The Labute approximate surface area is 148 Å². The third-order valence-corrected chi connectivity index (χ3v) is 6.00. The van der Waals surface area contributed by atoms with Gasteiger partial charge in [-0.3, -0.25) is 4.79 Å². The largest absolute Gasteiger partial charge is 0.337 e. The molecular formula is C17H16FN3OS2. The third kappa shape index (κ3) is 3.94. The molecule has 0 bridgehead atoms. The van der Waals surface area contributed by atoms with Gasteiger partial charge in [-0.1, -0.05) is 11.8 Å². The summed E-state index contributed by atoms with van der Waals surface area (Å²) in [6.07, 6.45) is 1.98. The zero-order valence-corrected chi connectivity index (χ0v) is 14.7. The Bertz CT molecular complexity index is 780. The van der Waals surface area contributed by atoms with E-state index < -0.39 is 5.54 Å². The second kappa shape index (κ2) is 6.91. The zero-order chi connectivity index (χ0) is 17.2. The van der Waals surface area contributed by atoms with Gasteiger partial charge >= 0.3 is 0 Å². The Morgan fingerprint density at radius 1 is 1.50 bits per heavy atom. The van der Waals surface area contributed by atoms with Crippen molar-refractivity contribution >= 4 is 29.0 Å². The van der Waals surface area contributed by atoms with Gasteiger partial charge in [-0.25, -0.2) is 9.37 Å². The molecule has 1 fully saturated rings. The summed E-state index contributed by atoms with van der Waals surface area (Å²) in [5, 5.41) is 14.0. The van der Waals surface area contributed by atoms with Gasteiger partial charge in [0.1, 0.15) is 11.4 Å². The molecule has 124 valence electrons. The van der Waals surface area contributed by atoms with E-state index >= 15 is 0 Å². The molecule has 7 heteroatoms. The van der Waals surface area contributed by atoms with E-state index in [1.807, 2.05) is 5.38 Å². The fraction of sp³-hybridized carbons (Fsp3) is 0.353. The van der Waals surface area contributed by atoms with Crippen LogP contribution in [-0.4, -0.2) is 22.2 Å². The maximum Gasteiger partial charge on any atom is 0.231 e. The van der Waals surface area contributed by atoms with Crippen LogP contribution >= 0.6 is 23.1 Å². The number of hydrogen-bond acceptors (Lipinski definition) is 5. The number of aromatic nitrogens is 1. The standard InChI is InChI=1S/C17H16FN3OS2/c1-17(10-19,12-4-5-12)21-15(22)9-24-16-20-14(8-23-16)11-2-6-13(18)7-3-11/h2-3,6-8,12H,4-5,9H2,1H3,(H,21,22). The van der Waals surface area contributed by atoms with Crippen molar-refractivity contribution in [1.82, 2.24) is 10.3 Å². The fourth-order valence-electron chi connectivity index (χ4n) is 2.41. The van der Waals surface area contributed by atoms with E-state index in [0.717, 1.165) is 28.4 Å². The minimum Gasteiger partial charge on any atom is -0.337 e. The lowest BCUT2D eigenvalue weighted by atomic mass is 9.98. The summed E-state index contributed by atoms with van der Waals surface area (Å²) in [5.41, 5.74) is 0.845. The van der Waals surface area contributed by atoms with Gasteiger partial charge in [0, 0.05) is 10.9 Å². The first-order valence-electron chi connectivity index (χ1n) is 7.57. The molecule has 0 spiro atoms. The number of carbonyl (C=O) groups is 1. The summed E-state index contributed by atoms with van der Waals surface area (Å²) < 4.78 is 13.7. The number of halogens is 1. The van der Waals surface area contributed by atoms with E-state index in [-0.39, 0.29) is 23.4 Å². The Kier molecular flexibility index (Phi) is 4.88. The van der Waals surface area contributed by atoms with Gasteiger partial charge < -0.3 is 5.32 Å². The van der Waals surface area contributed by atoms with E-state index in [1.165, 1.54) is 35.2 Å². The molecule has 4 nitrogen and oxygen atoms in total. The van der Waals surface area contributed by atoms with Crippen LogP contribution in [0.25, 0.3) is 11.3 Å². The molecule has 0 radical (unpaired) electrons. The van der Waals surface area contributed by atoms with E-state index in [2.05, 4.69) is 16.4 Å². The van der Waals surface area contributed by atoms with Crippen LogP contribution in [0.3, 0.4) is 0 Å². The molecule has 1 aromatic heterocycles. The Morgan fingerprint density at radius 2 is 2.21 bits per heavy atom. The molecule has 24 heavy (non-hydrogen) atoms. The summed E-state index contributed by atoms with van der Waals surface area (Å²) in [7, 11) is 0. The summed E-state index contributed by atoms with van der Waals surface area (Å²) in [5.74, 6) is 0.0488. The van der Waals surface area contributed by atoms with E-state index in [0.29, 0.717) is 0 Å². The van der Waals surface area contributed by atoms with Gasteiger partial charge in [-0.2, -0.15) is 5.26 Å². The van der Waals surface area contributed by atoms with Gasteiger partial charge in [0.25, 0.3) is 0 Å². The number of hydrogen-bond donors (Lipinski definition) is 1. The summed E-state index contributed by atoms with van der Waals surface area (Å²) in [4.78, 5) is 16.5. The first-order chi connectivity index (χ1) is 11.5. The van der Waals surface area contributed by atoms with E-state index in [4.69, 9.17) is 0 Å². The number of nitriles is 1. The van der Waals surface area contributed by atoms with Crippen molar-refractivity contribution in [3.8, 4) is 17.3 Å². The number of thiazole rings is 1. The second-order valence-electron chi connectivity index (χ2n) is 5.93. The number of amides is 1. The van der Waals surface area contributed by atoms with E-state index in [1.54, 1.807) is 19.1 Å². The maximum absolute atomic E-state index is 13.0. The van der Waals surface area contributed by atoms with Crippen LogP contribution in [0.15, 0.2) is 34.0 Å². The van der Waals surface area contributed by atoms with Gasteiger partial charge in [0.2, 0.25) is 5.91 Å². The summed E-state index contributed by atoms with van der Waals surface area (Å²) in [6, 6.07) is 8.37. The normalized spacial score (nSPS) is 16.2. The van der Waals surface area contributed by atoms with Crippen molar-refractivity contribution in [1.29, 1.82) is 5.26 Å². The molecule has 1 amide bonds. The fourth-order valence-corrected chi connectivity index (χ4v) is 4.05.